The molecule has 0 aliphatic carbocycles. The number of carbonyl (C=O) groups is 2. The molecule has 1 saturated heterocycles. The van der Waals surface area contributed by atoms with Crippen LogP contribution in [0.25, 0.3) is 21.9 Å². The molecule has 4 nitrogen and oxygen atoms in total. The molecule has 5 rings (SSSR count). The summed E-state index contributed by atoms with van der Waals surface area (Å²) < 4.78 is 26.9. The van der Waals surface area contributed by atoms with Gasteiger partial charge in [0, 0.05) is 44.1 Å². The first-order valence-electron chi connectivity index (χ1n) is 10.9. The molecule has 32 heavy (non-hydrogen) atoms. The maximum absolute atomic E-state index is 13.4. The zero-order chi connectivity index (χ0) is 22.6. The Hall–Kier alpha value is -3.28. The molecule has 1 fully saturated rings. The molecule has 2 aliphatic rings. The van der Waals surface area contributed by atoms with Crippen molar-refractivity contribution in [1.82, 2.24) is 9.80 Å². The van der Waals surface area contributed by atoms with Crippen LogP contribution in [0.5, 0.6) is 0 Å². The summed E-state index contributed by atoms with van der Waals surface area (Å²) in [5, 5.41) is 1.91. The van der Waals surface area contributed by atoms with E-state index in [0.717, 1.165) is 33.0 Å². The fourth-order valence-corrected chi connectivity index (χ4v) is 4.73. The average Bonchev–Trinajstić information content (AvgIpc) is 3.01. The van der Waals surface area contributed by atoms with E-state index in [1.54, 1.807) is 11.0 Å². The first-order chi connectivity index (χ1) is 15.2. The Morgan fingerprint density at radius 1 is 1.00 bits per heavy atom. The molecule has 2 amide bonds. The van der Waals surface area contributed by atoms with E-state index < -0.39 is 5.92 Å². The molecule has 164 valence electrons. The highest BCUT2D eigenvalue weighted by molar-refractivity contribution is 6.04. The van der Waals surface area contributed by atoms with Crippen molar-refractivity contribution in [1.29, 1.82) is 0 Å². The largest absolute Gasteiger partial charge is 0.338 e. The minimum atomic E-state index is -2.68. The lowest BCUT2D eigenvalue weighted by atomic mass is 9.93. The van der Waals surface area contributed by atoms with Gasteiger partial charge in [-0.2, -0.15) is 0 Å². The van der Waals surface area contributed by atoms with Gasteiger partial charge < -0.3 is 9.80 Å². The molecule has 2 heterocycles. The van der Waals surface area contributed by atoms with E-state index in [0.29, 0.717) is 5.56 Å². The van der Waals surface area contributed by atoms with Crippen LogP contribution in [0.3, 0.4) is 0 Å². The van der Waals surface area contributed by atoms with Crippen molar-refractivity contribution in [3.63, 3.8) is 0 Å². The zero-order valence-corrected chi connectivity index (χ0v) is 18.1. The summed E-state index contributed by atoms with van der Waals surface area (Å²) in [6, 6.07) is 17.4. The van der Waals surface area contributed by atoms with Crippen LogP contribution in [-0.4, -0.2) is 47.7 Å². The Morgan fingerprint density at radius 3 is 2.50 bits per heavy atom. The van der Waals surface area contributed by atoms with Crippen LogP contribution < -0.4 is 0 Å². The molecule has 0 saturated carbocycles. The number of halogens is 2. The molecule has 0 aromatic heterocycles. The maximum atomic E-state index is 13.4. The van der Waals surface area contributed by atoms with Gasteiger partial charge in [0.05, 0.1) is 6.04 Å². The molecule has 0 radical (unpaired) electrons. The van der Waals surface area contributed by atoms with E-state index in [1.807, 2.05) is 56.4 Å². The number of nitrogens with zero attached hydrogens (tertiary/aromatic N) is 2. The number of rotatable bonds is 2. The Kier molecular flexibility index (Phi) is 4.77. The molecule has 3 aromatic carbocycles. The van der Waals surface area contributed by atoms with Crippen LogP contribution in [-0.2, 0) is 0 Å². The second-order valence-corrected chi connectivity index (χ2v) is 8.78. The van der Waals surface area contributed by atoms with Crippen molar-refractivity contribution in [3.05, 3.63) is 71.3 Å². The molecule has 0 bridgehead atoms. The number of alkyl halides is 2. The SMILES string of the molecule is CC1c2cc(-c3cccc4cc(C(=O)N5CCC(F)(F)CC5)ccc34)ccc2C(=O)N1C. The van der Waals surface area contributed by atoms with Crippen molar-refractivity contribution >= 4 is 22.6 Å². The fraction of sp³-hybridized carbons (Fsp3) is 0.308. The van der Waals surface area contributed by atoms with Gasteiger partial charge in [0.1, 0.15) is 0 Å². The molecular formula is C26H24F2N2O2. The van der Waals surface area contributed by atoms with E-state index in [2.05, 4.69) is 6.07 Å². The lowest BCUT2D eigenvalue weighted by Crippen LogP contribution is -2.42. The summed E-state index contributed by atoms with van der Waals surface area (Å²) >= 11 is 0. The molecule has 1 unspecified atom stereocenters. The van der Waals surface area contributed by atoms with Crippen LogP contribution in [0.2, 0.25) is 0 Å². The van der Waals surface area contributed by atoms with Gasteiger partial charge >= 0.3 is 0 Å². The number of hydrogen-bond acceptors (Lipinski definition) is 2. The number of likely N-dealkylation sites (tertiary alicyclic amines) is 1. The van der Waals surface area contributed by atoms with Gasteiger partial charge in [0.25, 0.3) is 17.7 Å². The van der Waals surface area contributed by atoms with Gasteiger partial charge in [-0.25, -0.2) is 8.78 Å². The van der Waals surface area contributed by atoms with E-state index >= 15 is 0 Å². The van der Waals surface area contributed by atoms with Gasteiger partial charge in [-0.1, -0.05) is 30.3 Å². The minimum Gasteiger partial charge on any atom is -0.338 e. The lowest BCUT2D eigenvalue weighted by Gasteiger charge is -2.31. The van der Waals surface area contributed by atoms with Crippen LogP contribution in [0.4, 0.5) is 8.78 Å². The van der Waals surface area contributed by atoms with Crippen molar-refractivity contribution in [3.8, 4) is 11.1 Å². The summed E-state index contributed by atoms with van der Waals surface area (Å²) in [6.45, 7) is 2.17. The van der Waals surface area contributed by atoms with E-state index in [1.165, 1.54) is 4.90 Å². The number of piperidine rings is 1. The molecule has 1 atom stereocenters. The quantitative estimate of drug-likeness (QED) is 0.533. The predicted octanol–water partition coefficient (Wildman–Crippen LogP) is 5.52. The Balaban J connectivity index is 1.48. The van der Waals surface area contributed by atoms with Gasteiger partial charge in [-0.05, 0) is 58.7 Å². The van der Waals surface area contributed by atoms with Crippen LogP contribution in [0, 0.1) is 0 Å². The smallest absolute Gasteiger partial charge is 0.254 e. The number of carbonyl (C=O) groups excluding carboxylic acids is 2. The van der Waals surface area contributed by atoms with Gasteiger partial charge in [-0.3, -0.25) is 9.59 Å². The summed E-state index contributed by atoms with van der Waals surface area (Å²) in [5.74, 6) is -2.85. The summed E-state index contributed by atoms with van der Waals surface area (Å²) in [7, 11) is 1.81. The highest BCUT2D eigenvalue weighted by atomic mass is 19.3. The molecule has 0 spiro atoms. The minimum absolute atomic E-state index is 0.0218. The molecule has 0 N–H and O–H groups in total. The first-order valence-corrected chi connectivity index (χ1v) is 10.9. The normalized spacial score (nSPS) is 20.0. The highest BCUT2D eigenvalue weighted by Gasteiger charge is 2.36. The number of fused-ring (bicyclic) bond motifs is 2. The van der Waals surface area contributed by atoms with Crippen molar-refractivity contribution in [2.75, 3.05) is 20.1 Å². The molecular weight excluding hydrogens is 410 g/mol. The predicted molar refractivity (Wildman–Crippen MR) is 120 cm³/mol. The first kappa shape index (κ1) is 20.6. The van der Waals surface area contributed by atoms with Crippen LogP contribution in [0.15, 0.2) is 54.6 Å². The van der Waals surface area contributed by atoms with Crippen molar-refractivity contribution in [2.45, 2.75) is 31.7 Å². The average molecular weight is 434 g/mol. The van der Waals surface area contributed by atoms with Crippen LogP contribution in [0.1, 0.15) is 52.1 Å². The second kappa shape index (κ2) is 7.40. The standard InChI is InChI=1S/C26H24F2N2O2/c1-16-23-15-18(6-9-22(23)25(32)29(16)2)20-5-3-4-17-14-19(7-8-21(17)20)24(31)30-12-10-26(27,28)11-13-30/h3-9,14-16H,10-13H2,1-2H3. The number of benzene rings is 3. The fourth-order valence-electron chi connectivity index (χ4n) is 4.73. The van der Waals surface area contributed by atoms with Crippen molar-refractivity contribution < 1.29 is 18.4 Å². The summed E-state index contributed by atoms with van der Waals surface area (Å²) in [5.41, 5.74) is 4.30. The van der Waals surface area contributed by atoms with E-state index in [9.17, 15) is 18.4 Å². The van der Waals surface area contributed by atoms with Crippen molar-refractivity contribution in [2.24, 2.45) is 0 Å². The van der Waals surface area contributed by atoms with Gasteiger partial charge in [0.15, 0.2) is 0 Å². The van der Waals surface area contributed by atoms with Gasteiger partial charge in [-0.15, -0.1) is 0 Å². The lowest BCUT2D eigenvalue weighted by molar-refractivity contribution is -0.0494. The summed E-state index contributed by atoms with van der Waals surface area (Å²) in [4.78, 5) is 28.5. The Bertz CT molecular complexity index is 1240. The molecule has 3 aromatic rings. The topological polar surface area (TPSA) is 40.6 Å². The summed E-state index contributed by atoms with van der Waals surface area (Å²) in [6.07, 6.45) is -0.574. The molecule has 2 aliphatic heterocycles. The van der Waals surface area contributed by atoms with E-state index in [4.69, 9.17) is 0 Å². The monoisotopic (exact) mass is 434 g/mol. The highest BCUT2D eigenvalue weighted by Crippen LogP contribution is 2.37. The van der Waals surface area contributed by atoms with Gasteiger partial charge in [0.2, 0.25) is 0 Å². The third kappa shape index (κ3) is 3.34. The second-order valence-electron chi connectivity index (χ2n) is 8.78. The third-order valence-corrected chi connectivity index (χ3v) is 6.85. The maximum Gasteiger partial charge on any atom is 0.254 e. The zero-order valence-electron chi connectivity index (χ0n) is 18.1. The Labute approximate surface area is 185 Å². The molecule has 6 heteroatoms. The van der Waals surface area contributed by atoms with Crippen LogP contribution >= 0.6 is 0 Å². The number of hydrogen-bond donors (Lipinski definition) is 0. The Morgan fingerprint density at radius 2 is 1.75 bits per heavy atom. The third-order valence-electron chi connectivity index (χ3n) is 6.85. The van der Waals surface area contributed by atoms with E-state index in [-0.39, 0.29) is 43.8 Å². The number of amides is 2.